The van der Waals surface area contributed by atoms with Crippen LogP contribution in [-0.4, -0.2) is 12.3 Å². The first-order valence-corrected chi connectivity index (χ1v) is 1.66. The Morgan fingerprint density at radius 2 is 1.67 bits per heavy atom. The van der Waals surface area contributed by atoms with Crippen molar-refractivity contribution in [2.45, 2.75) is 0 Å². The molecule has 3 nitrogen and oxygen atoms in total. The molecule has 0 aromatic carbocycles. The van der Waals surface area contributed by atoms with Gasteiger partial charge < -0.3 is 5.02 Å². The quantitative estimate of drug-likeness (QED) is 0.547. The van der Waals surface area contributed by atoms with Crippen molar-refractivity contribution in [3.8, 4) is 0 Å². The Labute approximate surface area is 45.3 Å². The van der Waals surface area contributed by atoms with E-state index in [2.05, 4.69) is 32.1 Å². The molecule has 36 valence electrons. The van der Waals surface area contributed by atoms with E-state index in [1.165, 1.54) is 0 Å². The summed E-state index contributed by atoms with van der Waals surface area (Å²) in [6.45, 7) is 0. The van der Waals surface area contributed by atoms with Gasteiger partial charge in [0.2, 0.25) is 0 Å². The van der Waals surface area contributed by atoms with Crippen LogP contribution in [0.15, 0.2) is 0 Å². The van der Waals surface area contributed by atoms with Crippen molar-refractivity contribution in [1.29, 1.82) is 0 Å². The monoisotopic (exact) mass is 130 g/mol. The lowest BCUT2D eigenvalue weighted by Crippen LogP contribution is -2.11. The lowest BCUT2D eigenvalue weighted by molar-refractivity contribution is 0.324. The molecule has 0 aromatic heterocycles. The zero-order chi connectivity index (χ0) is 4.99. The lowest BCUT2D eigenvalue weighted by atomic mass is 10.3. The summed E-state index contributed by atoms with van der Waals surface area (Å²) in [5.74, 6) is 0. The fraction of sp³-hybridized carbons (Fsp3) is 0. The molecule has 0 aliphatic rings. The maximum atomic E-state index is 7.96. The average Bonchev–Trinajstić information content (AvgIpc) is 1.65. The van der Waals surface area contributed by atoms with Crippen LogP contribution < -0.4 is 0 Å². The van der Waals surface area contributed by atoms with Crippen molar-refractivity contribution in [3.63, 3.8) is 0 Å². The van der Waals surface area contributed by atoms with Gasteiger partial charge in [-0.15, -0.1) is 0 Å². The molecule has 1 N–H and O–H groups in total. The smallest absolute Gasteiger partial charge is 0.400 e. The Morgan fingerprint density at radius 3 is 1.67 bits per heavy atom. The van der Waals surface area contributed by atoms with Crippen LogP contribution in [0.4, 0.5) is 0 Å². The van der Waals surface area contributed by atoms with Gasteiger partial charge in [-0.2, -0.15) is 0 Å². The number of halogens is 2. The molecule has 0 saturated heterocycles. The summed E-state index contributed by atoms with van der Waals surface area (Å²) >= 11 is 8.99. The molecule has 0 aliphatic heterocycles. The van der Waals surface area contributed by atoms with E-state index >= 15 is 0 Å². The van der Waals surface area contributed by atoms with Crippen LogP contribution in [0.5, 0.6) is 0 Å². The molecular formula is HBCl2O3. The van der Waals surface area contributed by atoms with E-state index in [4.69, 9.17) is 5.02 Å². The molecule has 0 fully saturated rings. The molecule has 0 atom stereocenters. The Kier molecular flexibility index (Phi) is 4.03. The van der Waals surface area contributed by atoms with Gasteiger partial charge in [-0.05, 0) is 0 Å². The van der Waals surface area contributed by atoms with Crippen LogP contribution in [0.1, 0.15) is 0 Å². The highest BCUT2D eigenvalue weighted by Gasteiger charge is 2.12. The highest BCUT2D eigenvalue weighted by atomic mass is 35.5. The molecule has 0 heterocycles. The molecule has 0 unspecified atom stereocenters. The maximum absolute atomic E-state index is 7.96. The van der Waals surface area contributed by atoms with E-state index < -0.39 is 7.32 Å². The summed E-state index contributed by atoms with van der Waals surface area (Å²) in [6.07, 6.45) is 0. The fourth-order valence-electron chi connectivity index (χ4n) is 0.0137. The molecule has 0 spiro atoms. The van der Waals surface area contributed by atoms with Crippen LogP contribution >= 0.6 is 23.7 Å². The maximum Gasteiger partial charge on any atom is 0.670 e. The third-order valence-electron chi connectivity index (χ3n) is 0.152. The van der Waals surface area contributed by atoms with Gasteiger partial charge in [0.15, 0.2) is 0 Å². The Morgan fingerprint density at radius 1 is 1.33 bits per heavy atom. The molecular weight excluding hydrogens is 130 g/mol. The van der Waals surface area contributed by atoms with Crippen molar-refractivity contribution < 1.29 is 13.4 Å². The van der Waals surface area contributed by atoms with E-state index in [1.807, 2.05) is 0 Å². The van der Waals surface area contributed by atoms with Crippen molar-refractivity contribution in [3.05, 3.63) is 0 Å². The first-order chi connectivity index (χ1) is 2.81. The molecule has 0 radical (unpaired) electrons. The number of hydrogen-bond donors (Lipinski definition) is 1. The molecule has 0 aromatic rings. The largest absolute Gasteiger partial charge is 0.670 e. The van der Waals surface area contributed by atoms with Crippen LogP contribution in [-0.2, 0) is 8.41 Å². The van der Waals surface area contributed by atoms with Crippen molar-refractivity contribution in [2.75, 3.05) is 0 Å². The summed E-state index contributed by atoms with van der Waals surface area (Å²) in [6, 6.07) is 0. The van der Waals surface area contributed by atoms with Gasteiger partial charge in [0, 0.05) is 23.7 Å². The predicted octanol–water partition coefficient (Wildman–Crippen LogP) is 0.304. The zero-order valence-corrected chi connectivity index (χ0v) is 4.11. The summed E-state index contributed by atoms with van der Waals surface area (Å²) < 4.78 is 7.15. The second-order valence-corrected chi connectivity index (χ2v) is 0.842. The number of hydrogen-bond acceptors (Lipinski definition) is 3. The molecule has 6 heavy (non-hydrogen) atoms. The average molecular weight is 131 g/mol. The van der Waals surface area contributed by atoms with E-state index in [-0.39, 0.29) is 0 Å². The molecule has 0 amide bonds. The summed E-state index contributed by atoms with van der Waals surface area (Å²) in [4.78, 5) is 0. The SMILES string of the molecule is OB(OCl)OCl. The molecule has 6 heteroatoms. The van der Waals surface area contributed by atoms with Crippen LogP contribution in [0.25, 0.3) is 0 Å². The molecule has 0 rings (SSSR count). The minimum atomic E-state index is -1.53. The summed E-state index contributed by atoms with van der Waals surface area (Å²) in [5.41, 5.74) is 0. The van der Waals surface area contributed by atoms with E-state index in [9.17, 15) is 0 Å². The van der Waals surface area contributed by atoms with Crippen LogP contribution in [0.3, 0.4) is 0 Å². The normalized spacial score (nSPS) is 8.50. The standard InChI is InChI=1S/BCl2HO3/c2-5-1(4)6-3/h4H. The lowest BCUT2D eigenvalue weighted by Gasteiger charge is -1.87. The van der Waals surface area contributed by atoms with Crippen molar-refractivity contribution in [1.82, 2.24) is 0 Å². The van der Waals surface area contributed by atoms with Gasteiger partial charge in [-0.3, -0.25) is 8.41 Å². The summed E-state index contributed by atoms with van der Waals surface area (Å²) in [5, 5.41) is 7.96. The fourth-order valence-corrected chi connectivity index (χ4v) is 0.124. The van der Waals surface area contributed by atoms with Gasteiger partial charge >= 0.3 is 7.32 Å². The van der Waals surface area contributed by atoms with Gasteiger partial charge in [0.05, 0.1) is 0 Å². The van der Waals surface area contributed by atoms with E-state index in [0.29, 0.717) is 0 Å². The van der Waals surface area contributed by atoms with Gasteiger partial charge in [0.25, 0.3) is 0 Å². The highest BCUT2D eigenvalue weighted by molar-refractivity contribution is 6.47. The van der Waals surface area contributed by atoms with Crippen molar-refractivity contribution in [2.24, 2.45) is 0 Å². The molecule has 0 aliphatic carbocycles. The van der Waals surface area contributed by atoms with Crippen molar-refractivity contribution >= 4 is 31.1 Å². The van der Waals surface area contributed by atoms with E-state index in [0.717, 1.165) is 0 Å². The molecule has 0 saturated carbocycles. The first kappa shape index (κ1) is 6.52. The topological polar surface area (TPSA) is 38.7 Å². The first-order valence-electron chi connectivity index (χ1n) is 1.04. The van der Waals surface area contributed by atoms with Gasteiger partial charge in [-0.1, -0.05) is 0 Å². The summed E-state index contributed by atoms with van der Waals surface area (Å²) in [7, 11) is -1.53. The van der Waals surface area contributed by atoms with Gasteiger partial charge in [-0.25, -0.2) is 0 Å². The third-order valence-corrected chi connectivity index (χ3v) is 0.457. The number of rotatable bonds is 2. The Hall–Kier alpha value is 0.525. The highest BCUT2D eigenvalue weighted by Crippen LogP contribution is 1.88. The third kappa shape index (κ3) is 2.75. The zero-order valence-electron chi connectivity index (χ0n) is 2.60. The van der Waals surface area contributed by atoms with Crippen LogP contribution in [0.2, 0.25) is 0 Å². The Bertz CT molecular complexity index is 28.0. The second-order valence-electron chi connectivity index (χ2n) is 0.485. The predicted molar refractivity (Wildman–Crippen MR) is 21.8 cm³/mol. The Balaban J connectivity index is 2.75. The molecule has 0 bridgehead atoms. The minimum absolute atomic E-state index is 1.53. The van der Waals surface area contributed by atoms with Crippen LogP contribution in [0, 0.1) is 0 Å². The minimum Gasteiger partial charge on any atom is -0.400 e. The van der Waals surface area contributed by atoms with Gasteiger partial charge in [0.1, 0.15) is 0 Å². The second kappa shape index (κ2) is 3.71. The van der Waals surface area contributed by atoms with E-state index in [1.54, 1.807) is 0 Å².